The second-order valence-corrected chi connectivity index (χ2v) is 6.12. The molecule has 3 N–H and O–H groups in total. The van der Waals surface area contributed by atoms with E-state index in [-0.39, 0.29) is 17.5 Å². The van der Waals surface area contributed by atoms with Crippen molar-refractivity contribution in [1.29, 1.82) is 0 Å². The fraction of sp³-hybridized carbons (Fsp3) is 0.471. The molecule has 0 bridgehead atoms. The molecule has 1 unspecified atom stereocenters. The van der Waals surface area contributed by atoms with Gasteiger partial charge in [0.1, 0.15) is 5.82 Å². The molecule has 8 heteroatoms. The number of ether oxygens (including phenoxy) is 2. The number of rotatable bonds is 5. The van der Waals surface area contributed by atoms with E-state index in [0.29, 0.717) is 34.8 Å². The Morgan fingerprint density at radius 2 is 2.04 bits per heavy atom. The van der Waals surface area contributed by atoms with E-state index in [0.717, 1.165) is 25.8 Å². The van der Waals surface area contributed by atoms with Crippen LogP contribution >= 0.6 is 0 Å². The lowest BCUT2D eigenvalue weighted by Gasteiger charge is -2.33. The van der Waals surface area contributed by atoms with Crippen LogP contribution in [0, 0.1) is 0 Å². The van der Waals surface area contributed by atoms with E-state index >= 15 is 0 Å². The van der Waals surface area contributed by atoms with E-state index < -0.39 is 0 Å². The summed E-state index contributed by atoms with van der Waals surface area (Å²) in [5.41, 5.74) is 5.76. The van der Waals surface area contributed by atoms with Gasteiger partial charge in [-0.05, 0) is 25.5 Å². The number of aromatic amines is 1. The normalized spacial score (nSPS) is 18.2. The lowest BCUT2D eigenvalue weighted by molar-refractivity contribution is -0.124. The number of aromatic nitrogens is 2. The summed E-state index contributed by atoms with van der Waals surface area (Å²) in [7, 11) is 3.04. The third-order valence-electron chi connectivity index (χ3n) is 4.55. The van der Waals surface area contributed by atoms with Crippen LogP contribution in [-0.2, 0) is 11.3 Å². The number of nitrogens with zero attached hydrogens (tertiary/aromatic N) is 2. The molecule has 1 fully saturated rings. The number of primary amides is 1. The first-order valence-corrected chi connectivity index (χ1v) is 8.21. The Hall–Kier alpha value is -2.61. The molecule has 0 radical (unpaired) electrons. The smallest absolute Gasteiger partial charge is 0.258 e. The lowest BCUT2D eigenvalue weighted by Crippen LogP contribution is -2.47. The molecule has 0 aliphatic carbocycles. The van der Waals surface area contributed by atoms with Crippen LogP contribution in [0.4, 0.5) is 0 Å². The highest BCUT2D eigenvalue weighted by Gasteiger charge is 2.27. The van der Waals surface area contributed by atoms with Crippen molar-refractivity contribution in [2.24, 2.45) is 5.73 Å². The van der Waals surface area contributed by atoms with Gasteiger partial charge in [-0.2, -0.15) is 0 Å². The molecule has 0 saturated carbocycles. The molecule has 1 amide bonds. The minimum Gasteiger partial charge on any atom is -0.493 e. The van der Waals surface area contributed by atoms with Gasteiger partial charge in [-0.1, -0.05) is 6.42 Å². The number of methoxy groups -OCH3 is 2. The minimum atomic E-state index is -0.339. The predicted octanol–water partition coefficient (Wildman–Crippen LogP) is 0.780. The summed E-state index contributed by atoms with van der Waals surface area (Å²) < 4.78 is 10.5. The maximum Gasteiger partial charge on any atom is 0.258 e. The van der Waals surface area contributed by atoms with Gasteiger partial charge in [0.25, 0.3) is 5.56 Å². The van der Waals surface area contributed by atoms with Gasteiger partial charge >= 0.3 is 0 Å². The third-order valence-corrected chi connectivity index (χ3v) is 4.55. The van der Waals surface area contributed by atoms with E-state index in [1.807, 2.05) is 4.90 Å². The lowest BCUT2D eigenvalue weighted by atomic mass is 10.0. The molecule has 25 heavy (non-hydrogen) atoms. The maximum absolute atomic E-state index is 12.4. The van der Waals surface area contributed by atoms with Crippen LogP contribution in [0.3, 0.4) is 0 Å². The van der Waals surface area contributed by atoms with Gasteiger partial charge < -0.3 is 20.2 Å². The first kappa shape index (κ1) is 17.2. The highest BCUT2D eigenvalue weighted by molar-refractivity contribution is 5.82. The second kappa shape index (κ2) is 7.10. The molecule has 1 atom stereocenters. The Morgan fingerprint density at radius 3 is 2.72 bits per heavy atom. The maximum atomic E-state index is 12.4. The Morgan fingerprint density at radius 1 is 1.32 bits per heavy atom. The summed E-state index contributed by atoms with van der Waals surface area (Å²) >= 11 is 0. The molecule has 1 saturated heterocycles. The standard InChI is InChI=1S/C17H22N4O4/c1-24-13-7-10-11(8-14(13)25-2)19-15(20-17(10)23)9-21-6-4-3-5-12(21)16(18)22/h7-8,12H,3-6,9H2,1-2H3,(H2,18,22)(H,19,20,23). The molecule has 1 aliphatic heterocycles. The molecular formula is C17H22N4O4. The fourth-order valence-corrected chi connectivity index (χ4v) is 3.28. The van der Waals surface area contributed by atoms with E-state index in [1.54, 1.807) is 12.1 Å². The van der Waals surface area contributed by atoms with Gasteiger partial charge in [0.15, 0.2) is 11.5 Å². The monoisotopic (exact) mass is 346 g/mol. The number of H-pyrrole nitrogens is 1. The van der Waals surface area contributed by atoms with Crippen LogP contribution in [0.15, 0.2) is 16.9 Å². The Bertz CT molecular complexity index is 848. The van der Waals surface area contributed by atoms with Crippen LogP contribution in [0.1, 0.15) is 25.1 Å². The zero-order valence-electron chi connectivity index (χ0n) is 14.4. The zero-order chi connectivity index (χ0) is 18.0. The van der Waals surface area contributed by atoms with E-state index in [1.165, 1.54) is 14.2 Å². The molecule has 0 spiro atoms. The molecule has 8 nitrogen and oxygen atoms in total. The van der Waals surface area contributed by atoms with Crippen molar-refractivity contribution >= 4 is 16.8 Å². The van der Waals surface area contributed by atoms with Gasteiger partial charge in [-0.25, -0.2) is 4.98 Å². The number of fused-ring (bicyclic) bond motifs is 1. The Labute approximate surface area is 144 Å². The topological polar surface area (TPSA) is 111 Å². The number of amides is 1. The predicted molar refractivity (Wildman–Crippen MR) is 92.7 cm³/mol. The molecule has 1 aromatic carbocycles. The highest BCUT2D eigenvalue weighted by atomic mass is 16.5. The fourth-order valence-electron chi connectivity index (χ4n) is 3.28. The summed E-state index contributed by atoms with van der Waals surface area (Å²) in [5, 5.41) is 0.423. The van der Waals surface area contributed by atoms with Crippen LogP contribution in [0.25, 0.3) is 10.9 Å². The summed E-state index contributed by atoms with van der Waals surface area (Å²) in [5.74, 6) is 1.14. The van der Waals surface area contributed by atoms with Gasteiger partial charge in [0.2, 0.25) is 5.91 Å². The molecule has 134 valence electrons. The first-order chi connectivity index (χ1) is 12.0. The number of nitrogens with one attached hydrogen (secondary N) is 1. The minimum absolute atomic E-state index is 0.256. The Balaban J connectivity index is 1.97. The average molecular weight is 346 g/mol. The summed E-state index contributed by atoms with van der Waals surface area (Å²) in [4.78, 5) is 33.3. The van der Waals surface area contributed by atoms with Crippen molar-refractivity contribution in [2.45, 2.75) is 31.8 Å². The van der Waals surface area contributed by atoms with E-state index in [4.69, 9.17) is 15.2 Å². The van der Waals surface area contributed by atoms with Crippen LogP contribution in [0.5, 0.6) is 11.5 Å². The number of hydrogen-bond acceptors (Lipinski definition) is 6. The van der Waals surface area contributed by atoms with Crippen LogP contribution in [0.2, 0.25) is 0 Å². The largest absolute Gasteiger partial charge is 0.493 e. The summed E-state index contributed by atoms with van der Waals surface area (Å²) in [6, 6.07) is 2.96. The van der Waals surface area contributed by atoms with Crippen molar-refractivity contribution in [1.82, 2.24) is 14.9 Å². The summed E-state index contributed by atoms with van der Waals surface area (Å²) in [6.07, 6.45) is 2.70. The van der Waals surface area contributed by atoms with Crippen molar-refractivity contribution in [3.8, 4) is 11.5 Å². The molecular weight excluding hydrogens is 324 g/mol. The molecule has 2 heterocycles. The first-order valence-electron chi connectivity index (χ1n) is 8.21. The molecule has 3 rings (SSSR count). The third kappa shape index (κ3) is 3.43. The van der Waals surface area contributed by atoms with E-state index in [9.17, 15) is 9.59 Å². The molecule has 2 aromatic rings. The molecule has 1 aliphatic rings. The van der Waals surface area contributed by atoms with Crippen molar-refractivity contribution in [3.63, 3.8) is 0 Å². The summed E-state index contributed by atoms with van der Waals surface area (Å²) in [6.45, 7) is 1.12. The number of nitrogens with two attached hydrogens (primary N) is 1. The Kier molecular flexibility index (Phi) is 4.89. The number of carbonyl (C=O) groups excluding carboxylic acids is 1. The zero-order valence-corrected chi connectivity index (χ0v) is 14.4. The number of benzene rings is 1. The van der Waals surface area contributed by atoms with Crippen molar-refractivity contribution < 1.29 is 14.3 Å². The average Bonchev–Trinajstić information content (AvgIpc) is 2.61. The quantitative estimate of drug-likeness (QED) is 0.828. The molecule has 1 aromatic heterocycles. The number of piperidine rings is 1. The van der Waals surface area contributed by atoms with Crippen molar-refractivity contribution in [2.75, 3.05) is 20.8 Å². The second-order valence-electron chi connectivity index (χ2n) is 6.12. The van der Waals surface area contributed by atoms with Crippen LogP contribution < -0.4 is 20.8 Å². The number of hydrogen-bond donors (Lipinski definition) is 2. The van der Waals surface area contributed by atoms with Crippen molar-refractivity contribution in [3.05, 3.63) is 28.3 Å². The van der Waals surface area contributed by atoms with E-state index in [2.05, 4.69) is 9.97 Å². The van der Waals surface area contributed by atoms with Gasteiger partial charge in [-0.3, -0.25) is 14.5 Å². The van der Waals surface area contributed by atoms with Gasteiger partial charge in [0, 0.05) is 6.07 Å². The number of likely N-dealkylation sites (tertiary alicyclic amines) is 1. The van der Waals surface area contributed by atoms with Gasteiger partial charge in [-0.15, -0.1) is 0 Å². The highest BCUT2D eigenvalue weighted by Crippen LogP contribution is 2.30. The number of carbonyl (C=O) groups is 1. The SMILES string of the molecule is COc1cc2nc(CN3CCCCC3C(N)=O)[nH]c(=O)c2cc1OC. The van der Waals surface area contributed by atoms with Gasteiger partial charge in [0.05, 0.1) is 37.7 Å². The van der Waals surface area contributed by atoms with Crippen LogP contribution in [-0.4, -0.2) is 47.6 Å².